The minimum absolute atomic E-state index is 0.776. The molecule has 1 N–H and O–H groups in total. The lowest BCUT2D eigenvalue weighted by Gasteiger charge is -2.13. The van der Waals surface area contributed by atoms with Gasteiger partial charge in [0.1, 0.15) is 0 Å². The summed E-state index contributed by atoms with van der Waals surface area (Å²) in [5.74, 6) is 0. The third kappa shape index (κ3) is 2.88. The molecule has 0 fully saturated rings. The van der Waals surface area contributed by atoms with Gasteiger partial charge in [0, 0.05) is 29.4 Å². The number of halogens is 2. The van der Waals surface area contributed by atoms with Gasteiger partial charge in [0.05, 0.1) is 10.7 Å². The Kier molecular flexibility index (Phi) is 4.08. The van der Waals surface area contributed by atoms with Crippen molar-refractivity contribution in [2.24, 2.45) is 0 Å². The van der Waals surface area contributed by atoms with Gasteiger partial charge in [-0.15, -0.1) is 0 Å². The summed E-state index contributed by atoms with van der Waals surface area (Å²) in [5, 5.41) is 4.19. The number of hydrogen-bond acceptors (Lipinski definition) is 2. The van der Waals surface area contributed by atoms with E-state index in [1.807, 2.05) is 12.1 Å². The van der Waals surface area contributed by atoms with Crippen molar-refractivity contribution in [3.8, 4) is 0 Å². The third-order valence-electron chi connectivity index (χ3n) is 3.69. The fraction of sp³-hybridized carbons (Fsp3) is 0.250. The lowest BCUT2D eigenvalue weighted by atomic mass is 10.1. The first kappa shape index (κ1) is 14.0. The van der Waals surface area contributed by atoms with Crippen molar-refractivity contribution >= 4 is 45.6 Å². The average Bonchev–Trinajstić information content (AvgIpc) is 2.79. The second kappa shape index (κ2) is 5.82. The highest BCUT2D eigenvalue weighted by molar-refractivity contribution is 14.1. The summed E-state index contributed by atoms with van der Waals surface area (Å²) < 4.78 is 1.15. The zero-order chi connectivity index (χ0) is 14.1. The zero-order valence-corrected chi connectivity index (χ0v) is 14.2. The largest absolute Gasteiger partial charge is 0.380 e. The molecule has 0 unspecified atom stereocenters. The van der Waals surface area contributed by atoms with Crippen molar-refractivity contribution in [3.63, 3.8) is 0 Å². The average molecular weight is 399 g/mol. The first-order valence-electron chi connectivity index (χ1n) is 6.65. The summed E-state index contributed by atoms with van der Waals surface area (Å²) in [4.78, 5) is 2.31. The van der Waals surface area contributed by atoms with Crippen LogP contribution in [0.15, 0.2) is 36.4 Å². The van der Waals surface area contributed by atoms with Gasteiger partial charge in [0.25, 0.3) is 0 Å². The van der Waals surface area contributed by atoms with E-state index >= 15 is 0 Å². The van der Waals surface area contributed by atoms with E-state index in [1.165, 1.54) is 16.8 Å². The van der Waals surface area contributed by atoms with Gasteiger partial charge in [-0.25, -0.2) is 0 Å². The van der Waals surface area contributed by atoms with Gasteiger partial charge >= 0.3 is 0 Å². The molecule has 0 saturated heterocycles. The highest BCUT2D eigenvalue weighted by atomic mass is 127. The molecule has 0 bridgehead atoms. The van der Waals surface area contributed by atoms with Crippen LogP contribution in [0.4, 0.5) is 11.4 Å². The van der Waals surface area contributed by atoms with Crippen LogP contribution in [0.25, 0.3) is 0 Å². The highest BCUT2D eigenvalue weighted by Gasteiger charge is 2.15. The predicted molar refractivity (Wildman–Crippen MR) is 94.9 cm³/mol. The van der Waals surface area contributed by atoms with Gasteiger partial charge in [0.2, 0.25) is 0 Å². The maximum atomic E-state index is 6.23. The van der Waals surface area contributed by atoms with Crippen LogP contribution < -0.4 is 10.2 Å². The van der Waals surface area contributed by atoms with Gasteiger partial charge in [-0.2, -0.15) is 0 Å². The van der Waals surface area contributed by atoms with Gasteiger partial charge in [-0.1, -0.05) is 23.7 Å². The molecule has 20 heavy (non-hydrogen) atoms. The Hall–Kier alpha value is -0.940. The van der Waals surface area contributed by atoms with Crippen LogP contribution in [0.3, 0.4) is 0 Å². The van der Waals surface area contributed by atoms with Crippen LogP contribution >= 0.6 is 34.2 Å². The molecule has 1 heterocycles. The quantitative estimate of drug-likeness (QED) is 0.763. The van der Waals surface area contributed by atoms with Crippen LogP contribution in [-0.2, 0) is 13.0 Å². The third-order valence-corrected chi connectivity index (χ3v) is 4.67. The van der Waals surface area contributed by atoms with Crippen LogP contribution in [0.1, 0.15) is 11.1 Å². The summed E-state index contributed by atoms with van der Waals surface area (Å²) >= 11 is 8.50. The minimum Gasteiger partial charge on any atom is -0.380 e. The Morgan fingerprint density at radius 1 is 1.25 bits per heavy atom. The molecule has 0 amide bonds. The predicted octanol–water partition coefficient (Wildman–Crippen LogP) is 4.55. The molecule has 2 aromatic carbocycles. The molecular weight excluding hydrogens is 383 g/mol. The second-order valence-electron chi connectivity index (χ2n) is 5.11. The standard InChI is InChI=1S/C16H16ClIN2/c1-20-7-6-12-8-11(2-5-16(12)20)10-19-15-4-3-13(18)9-14(15)17/h2-5,8-9,19H,6-7,10H2,1H3. The zero-order valence-electron chi connectivity index (χ0n) is 11.3. The number of hydrogen-bond donors (Lipinski definition) is 1. The van der Waals surface area contributed by atoms with Crippen molar-refractivity contribution in [1.29, 1.82) is 0 Å². The fourth-order valence-corrected chi connectivity index (χ4v) is 3.48. The maximum absolute atomic E-state index is 6.23. The Morgan fingerprint density at radius 3 is 2.90 bits per heavy atom. The second-order valence-corrected chi connectivity index (χ2v) is 6.77. The normalized spacial score (nSPS) is 13.4. The fourth-order valence-electron chi connectivity index (χ4n) is 2.56. The van der Waals surface area contributed by atoms with Crippen molar-refractivity contribution in [1.82, 2.24) is 0 Å². The summed E-state index contributed by atoms with van der Waals surface area (Å²) in [5.41, 5.74) is 5.10. The number of nitrogens with one attached hydrogen (secondary N) is 1. The Bertz CT molecular complexity index is 642. The van der Waals surface area contributed by atoms with Crippen molar-refractivity contribution in [3.05, 3.63) is 56.1 Å². The number of benzene rings is 2. The van der Waals surface area contributed by atoms with Gasteiger partial charge in [-0.3, -0.25) is 0 Å². The molecule has 1 aliphatic heterocycles. The number of anilines is 2. The molecule has 0 aliphatic carbocycles. The molecule has 104 valence electrons. The van der Waals surface area contributed by atoms with Crippen molar-refractivity contribution in [2.45, 2.75) is 13.0 Å². The van der Waals surface area contributed by atoms with E-state index in [1.54, 1.807) is 0 Å². The highest BCUT2D eigenvalue weighted by Crippen LogP contribution is 2.28. The smallest absolute Gasteiger partial charge is 0.0648 e. The SMILES string of the molecule is CN1CCc2cc(CNc3ccc(I)cc3Cl)ccc21. The molecule has 3 rings (SSSR count). The molecule has 0 atom stereocenters. The lowest BCUT2D eigenvalue weighted by Crippen LogP contribution is -2.12. The van der Waals surface area contributed by atoms with E-state index in [0.717, 1.165) is 33.8 Å². The molecular formula is C16H16ClIN2. The molecule has 2 aromatic rings. The maximum Gasteiger partial charge on any atom is 0.0648 e. The Morgan fingerprint density at radius 2 is 2.10 bits per heavy atom. The summed E-state index contributed by atoms with van der Waals surface area (Å²) in [7, 11) is 2.15. The van der Waals surface area contributed by atoms with Gasteiger partial charge in [0.15, 0.2) is 0 Å². The molecule has 0 radical (unpaired) electrons. The van der Waals surface area contributed by atoms with Crippen molar-refractivity contribution < 1.29 is 0 Å². The summed E-state index contributed by atoms with van der Waals surface area (Å²) in [6.45, 7) is 1.92. The first-order chi connectivity index (χ1) is 9.63. The van der Waals surface area contributed by atoms with Crippen LogP contribution in [-0.4, -0.2) is 13.6 Å². The molecule has 2 nitrogen and oxygen atoms in total. The van der Waals surface area contributed by atoms with E-state index in [-0.39, 0.29) is 0 Å². The molecule has 0 aromatic heterocycles. The Balaban J connectivity index is 1.73. The summed E-state index contributed by atoms with van der Waals surface area (Å²) in [6.07, 6.45) is 1.14. The number of fused-ring (bicyclic) bond motifs is 1. The van der Waals surface area contributed by atoms with E-state index in [0.29, 0.717) is 0 Å². The number of nitrogens with zero attached hydrogens (tertiary/aromatic N) is 1. The molecule has 0 spiro atoms. The van der Waals surface area contributed by atoms with Crippen LogP contribution in [0, 0.1) is 3.57 Å². The number of likely N-dealkylation sites (N-methyl/N-ethyl adjacent to an activating group) is 1. The monoisotopic (exact) mass is 398 g/mol. The Labute approximate surface area is 138 Å². The lowest BCUT2D eigenvalue weighted by molar-refractivity contribution is 0.955. The van der Waals surface area contributed by atoms with E-state index in [4.69, 9.17) is 11.6 Å². The summed E-state index contributed by atoms with van der Waals surface area (Å²) in [6, 6.07) is 12.8. The molecule has 4 heteroatoms. The topological polar surface area (TPSA) is 15.3 Å². The van der Waals surface area contributed by atoms with Crippen LogP contribution in [0.2, 0.25) is 5.02 Å². The number of rotatable bonds is 3. The van der Waals surface area contributed by atoms with Crippen molar-refractivity contribution in [2.75, 3.05) is 23.8 Å². The molecule has 1 aliphatic rings. The van der Waals surface area contributed by atoms with E-state index in [2.05, 4.69) is 64.1 Å². The van der Waals surface area contributed by atoms with E-state index in [9.17, 15) is 0 Å². The minimum atomic E-state index is 0.776. The first-order valence-corrected chi connectivity index (χ1v) is 8.11. The van der Waals surface area contributed by atoms with Gasteiger partial charge in [-0.05, 0) is 64.4 Å². The van der Waals surface area contributed by atoms with Crippen LogP contribution in [0.5, 0.6) is 0 Å². The molecule has 0 saturated carbocycles. The van der Waals surface area contributed by atoms with E-state index < -0.39 is 0 Å². The van der Waals surface area contributed by atoms with Gasteiger partial charge < -0.3 is 10.2 Å².